The van der Waals surface area contributed by atoms with Crippen LogP contribution in [0.2, 0.25) is 0 Å². The van der Waals surface area contributed by atoms with Crippen molar-refractivity contribution in [3.63, 3.8) is 0 Å². The van der Waals surface area contributed by atoms with Crippen LogP contribution < -0.4 is 34.9 Å². The molecule has 12 nitrogen and oxygen atoms in total. The molecule has 0 aliphatic rings. The molecule has 0 saturated carbocycles. The lowest BCUT2D eigenvalue weighted by molar-refractivity contribution is 0.262. The van der Waals surface area contributed by atoms with Gasteiger partial charge in [0.15, 0.2) is 15.6 Å². The second kappa shape index (κ2) is 14.6. The predicted octanol–water partition coefficient (Wildman–Crippen LogP) is 7.84. The van der Waals surface area contributed by atoms with E-state index in [1.165, 1.54) is 26.5 Å². The summed E-state index contributed by atoms with van der Waals surface area (Å²) in [6.45, 7) is 6.13. The molecule has 1 heterocycles. The summed E-state index contributed by atoms with van der Waals surface area (Å²) >= 11 is 0. The number of rotatable bonds is 11. The summed E-state index contributed by atoms with van der Waals surface area (Å²) in [5.41, 5.74) is 2.69. The molecule has 50 heavy (non-hydrogen) atoms. The first-order valence-corrected chi connectivity index (χ1v) is 18.8. The summed E-state index contributed by atoms with van der Waals surface area (Å²) in [7, 11) is -1.93. The molecular weight excluding hydrogens is 679 g/mol. The van der Waals surface area contributed by atoms with Gasteiger partial charge in [0.05, 0.1) is 31.3 Å². The Kier molecular flexibility index (Phi) is 10.5. The minimum Gasteiger partial charge on any atom is -0.495 e. The first-order chi connectivity index (χ1) is 23.7. The van der Waals surface area contributed by atoms with Crippen molar-refractivity contribution >= 4 is 66.2 Å². The number of urea groups is 1. The maximum Gasteiger partial charge on any atom is 0.323 e. The van der Waals surface area contributed by atoms with E-state index in [-0.39, 0.29) is 16.1 Å². The molecule has 5 rings (SSSR count). The van der Waals surface area contributed by atoms with Gasteiger partial charge in [-0.05, 0) is 53.4 Å². The number of sulfone groups is 1. The van der Waals surface area contributed by atoms with Crippen LogP contribution in [-0.2, 0) is 26.2 Å². The number of methoxy groups -OCH3 is 2. The number of carbonyl (C=O) groups excluding carboxylic acids is 1. The summed E-state index contributed by atoms with van der Waals surface area (Å²) in [6.07, 6.45) is 4.23. The lowest BCUT2D eigenvalue weighted by atomic mass is 9.86. The van der Waals surface area contributed by atoms with Gasteiger partial charge in [-0.2, -0.15) is 0 Å². The molecule has 2 amide bonds. The van der Waals surface area contributed by atoms with Gasteiger partial charge in [-0.25, -0.2) is 22.4 Å². The van der Waals surface area contributed by atoms with Crippen LogP contribution in [0.4, 0.5) is 33.4 Å². The summed E-state index contributed by atoms with van der Waals surface area (Å²) in [6, 6.07) is 22.4. The van der Waals surface area contributed by atoms with Crippen LogP contribution in [0.5, 0.6) is 23.0 Å². The largest absolute Gasteiger partial charge is 0.495 e. The molecule has 1 unspecified atom stereocenters. The Morgan fingerprint density at radius 2 is 1.52 bits per heavy atom. The van der Waals surface area contributed by atoms with Gasteiger partial charge < -0.3 is 34.9 Å². The molecule has 4 aromatic carbocycles. The van der Waals surface area contributed by atoms with E-state index in [0.717, 1.165) is 22.6 Å². The molecule has 14 heteroatoms. The number of hydrogen-bond donors (Lipinski definition) is 4. The molecule has 1 aromatic heterocycles. The zero-order valence-corrected chi connectivity index (χ0v) is 30.3. The third-order valence-electron chi connectivity index (χ3n) is 7.59. The molecular formula is C36H39N5O7S2. The highest BCUT2D eigenvalue weighted by Crippen LogP contribution is 2.40. The number of carbonyl (C=O) groups is 1. The molecule has 0 saturated heterocycles. The maximum absolute atomic E-state index is 13.4. The van der Waals surface area contributed by atoms with Crippen LogP contribution in [0, 0.1) is 0 Å². The average molecular weight is 718 g/mol. The molecule has 0 aliphatic heterocycles. The first-order valence-electron chi connectivity index (χ1n) is 15.4. The van der Waals surface area contributed by atoms with Crippen molar-refractivity contribution in [3.8, 4) is 23.0 Å². The lowest BCUT2D eigenvalue weighted by Crippen LogP contribution is -2.21. The van der Waals surface area contributed by atoms with Crippen LogP contribution in [0.3, 0.4) is 0 Å². The quantitative estimate of drug-likeness (QED) is 0.107. The Labute approximate surface area is 294 Å². The van der Waals surface area contributed by atoms with Crippen molar-refractivity contribution in [2.75, 3.05) is 47.4 Å². The summed E-state index contributed by atoms with van der Waals surface area (Å²) in [4.78, 5) is 17.9. The van der Waals surface area contributed by atoms with Crippen molar-refractivity contribution in [1.29, 1.82) is 0 Å². The normalized spacial score (nSPS) is 12.1. The Bertz CT molecular complexity index is 2200. The van der Waals surface area contributed by atoms with Gasteiger partial charge in [-0.1, -0.05) is 45.0 Å². The number of nitrogens with zero attached hydrogens (tertiary/aromatic N) is 1. The van der Waals surface area contributed by atoms with Gasteiger partial charge in [0.2, 0.25) is 0 Å². The fraction of sp³-hybridized carbons (Fsp3) is 0.222. The van der Waals surface area contributed by atoms with Crippen LogP contribution in [-0.4, -0.2) is 50.4 Å². The van der Waals surface area contributed by atoms with Crippen LogP contribution in [0.25, 0.3) is 10.8 Å². The minimum absolute atomic E-state index is 0.0875. The highest BCUT2D eigenvalue weighted by Gasteiger charge is 2.22. The number of anilines is 5. The fourth-order valence-corrected chi connectivity index (χ4v) is 6.50. The Morgan fingerprint density at radius 3 is 2.18 bits per heavy atom. The van der Waals surface area contributed by atoms with Crippen LogP contribution in [0.1, 0.15) is 26.3 Å². The van der Waals surface area contributed by atoms with E-state index in [2.05, 4.69) is 25.7 Å². The molecule has 0 fully saturated rings. The fourth-order valence-electron chi connectivity index (χ4n) is 5.22. The van der Waals surface area contributed by atoms with Crippen molar-refractivity contribution in [1.82, 2.24) is 4.98 Å². The van der Waals surface area contributed by atoms with E-state index in [1.54, 1.807) is 42.6 Å². The zero-order chi connectivity index (χ0) is 36.2. The average Bonchev–Trinajstić information content (AvgIpc) is 3.04. The van der Waals surface area contributed by atoms with Crippen molar-refractivity contribution in [2.45, 2.75) is 31.1 Å². The molecule has 0 radical (unpaired) electrons. The molecule has 0 aliphatic carbocycles. The number of amides is 2. The van der Waals surface area contributed by atoms with Gasteiger partial charge in [-0.3, -0.25) is 0 Å². The molecule has 262 valence electrons. The zero-order valence-electron chi connectivity index (χ0n) is 28.7. The summed E-state index contributed by atoms with van der Waals surface area (Å²) in [5.74, 6) is 2.07. The monoisotopic (exact) mass is 717 g/mol. The molecule has 1 atom stereocenters. The Hall–Kier alpha value is -5.34. The first kappa shape index (κ1) is 36.0. The smallest absolute Gasteiger partial charge is 0.323 e. The standard InChI is InChI=1S/C36H39N5O7S2/c1-36(2,3)22-18-28(34(47-5)29(19-22)41-49(6)43)40-35(42)39-27-13-14-30(26-11-9-8-10-25(26)27)48-24-16-17-37-33(21-24)38-23-12-15-32(50(7,44)45)31(20-23)46-4/h8-21,41H,1-7H3,(H,37,38)(H2,39,40,42). The number of fused-ring (bicyclic) bond motifs is 1. The number of ether oxygens (including phenoxy) is 3. The molecule has 5 aromatic rings. The highest BCUT2D eigenvalue weighted by atomic mass is 32.2. The SMILES string of the molecule is COc1cc(Nc2cc(Oc3ccc(NC(=O)Nc4cc(C(C)(C)C)cc(NS(C)=O)c4OC)c4ccccc34)ccn2)ccc1S(C)(=O)=O. The maximum atomic E-state index is 13.4. The van der Waals surface area contributed by atoms with Gasteiger partial charge in [-0.15, -0.1) is 0 Å². The van der Waals surface area contributed by atoms with Gasteiger partial charge in [0.1, 0.15) is 38.9 Å². The van der Waals surface area contributed by atoms with Crippen molar-refractivity contribution in [2.24, 2.45) is 0 Å². The summed E-state index contributed by atoms with van der Waals surface area (Å²) < 4.78 is 56.3. The third-order valence-corrected chi connectivity index (χ3v) is 9.23. The second-order valence-electron chi connectivity index (χ2n) is 12.4. The van der Waals surface area contributed by atoms with Crippen molar-refractivity contribution < 1.29 is 31.6 Å². The number of hydrogen-bond acceptors (Lipinski definition) is 9. The molecule has 0 spiro atoms. The minimum atomic E-state index is -3.47. The number of benzene rings is 4. The van der Waals surface area contributed by atoms with E-state index in [4.69, 9.17) is 14.2 Å². The number of pyridine rings is 1. The summed E-state index contributed by atoms with van der Waals surface area (Å²) in [5, 5.41) is 10.5. The number of aromatic nitrogens is 1. The topological polar surface area (TPSA) is 157 Å². The molecule has 4 N–H and O–H groups in total. The number of nitrogens with one attached hydrogen (secondary N) is 4. The van der Waals surface area contributed by atoms with Crippen LogP contribution >= 0.6 is 0 Å². The van der Waals surface area contributed by atoms with Crippen molar-refractivity contribution in [3.05, 3.63) is 90.6 Å². The van der Waals surface area contributed by atoms with E-state index < -0.39 is 26.9 Å². The van der Waals surface area contributed by atoms with Gasteiger partial charge in [0.25, 0.3) is 0 Å². The van der Waals surface area contributed by atoms with Gasteiger partial charge >= 0.3 is 6.03 Å². The van der Waals surface area contributed by atoms with E-state index in [9.17, 15) is 17.4 Å². The molecule has 0 bridgehead atoms. The highest BCUT2D eigenvalue weighted by molar-refractivity contribution is 7.90. The lowest BCUT2D eigenvalue weighted by Gasteiger charge is -2.24. The second-order valence-corrected chi connectivity index (χ2v) is 15.5. The van der Waals surface area contributed by atoms with Gasteiger partial charge in [0, 0.05) is 47.3 Å². The van der Waals surface area contributed by atoms with E-state index in [1.807, 2.05) is 57.2 Å². The van der Waals surface area contributed by atoms with E-state index >= 15 is 0 Å². The Balaban J connectivity index is 1.38. The van der Waals surface area contributed by atoms with E-state index in [0.29, 0.717) is 45.8 Å². The third kappa shape index (κ3) is 8.44. The predicted molar refractivity (Wildman–Crippen MR) is 200 cm³/mol. The Morgan fingerprint density at radius 1 is 0.820 bits per heavy atom. The van der Waals surface area contributed by atoms with Crippen LogP contribution in [0.15, 0.2) is 90.0 Å².